The van der Waals surface area contributed by atoms with Gasteiger partial charge in [-0.2, -0.15) is 0 Å². The quantitative estimate of drug-likeness (QED) is 0.770. The van der Waals surface area contributed by atoms with Crippen LogP contribution in [0.4, 0.5) is 5.69 Å². The summed E-state index contributed by atoms with van der Waals surface area (Å²) in [6.07, 6.45) is 1.48. The minimum Gasteiger partial charge on any atom is -0.484 e. The van der Waals surface area contributed by atoms with E-state index < -0.39 is 0 Å². The van der Waals surface area contributed by atoms with Crippen molar-refractivity contribution in [3.63, 3.8) is 0 Å². The molecule has 0 spiro atoms. The molecule has 0 fully saturated rings. The topological polar surface area (TPSA) is 81.9 Å². The van der Waals surface area contributed by atoms with Gasteiger partial charge in [0.05, 0.1) is 5.69 Å². The van der Waals surface area contributed by atoms with Crippen LogP contribution in [0.5, 0.6) is 5.75 Å². The number of nitrogens with one attached hydrogen (secondary N) is 1. The Bertz CT molecular complexity index is 851. The molecule has 1 heterocycles. The molecule has 1 amide bonds. The number of amides is 1. The normalized spacial score (nSPS) is 10.4. The second-order valence-electron chi connectivity index (χ2n) is 5.05. The Labute approximate surface area is 143 Å². The lowest BCUT2D eigenvalue weighted by molar-refractivity contribution is -0.118. The minimum absolute atomic E-state index is 0.110. The van der Waals surface area contributed by atoms with E-state index in [1.54, 1.807) is 36.4 Å². The molecule has 0 bridgehead atoms. The first-order chi connectivity index (χ1) is 11.6. The number of aryl methyl sites for hydroxylation is 1. The highest BCUT2D eigenvalue weighted by molar-refractivity contribution is 6.30. The predicted octanol–water partition coefficient (Wildman–Crippen LogP) is 2.64. The maximum atomic E-state index is 12.0. The minimum atomic E-state index is -0.256. The first-order valence-electron chi connectivity index (χ1n) is 7.14. The van der Waals surface area contributed by atoms with E-state index in [4.69, 9.17) is 16.3 Å². The number of hydrogen-bond acceptors (Lipinski definition) is 5. The summed E-state index contributed by atoms with van der Waals surface area (Å²) in [6, 6.07) is 12.4. The molecule has 1 aromatic heterocycles. The van der Waals surface area contributed by atoms with Crippen molar-refractivity contribution >= 4 is 23.2 Å². The molecule has 3 rings (SSSR count). The van der Waals surface area contributed by atoms with E-state index >= 15 is 0 Å². The van der Waals surface area contributed by atoms with Crippen molar-refractivity contribution in [1.29, 1.82) is 0 Å². The molecule has 0 atom stereocenters. The number of benzene rings is 2. The van der Waals surface area contributed by atoms with Crippen molar-refractivity contribution in [3.05, 3.63) is 59.4 Å². The third-order valence-electron chi connectivity index (χ3n) is 3.26. The Balaban J connectivity index is 1.61. The van der Waals surface area contributed by atoms with Crippen LogP contribution in [0, 0.1) is 6.92 Å². The molecule has 0 aliphatic heterocycles. The first kappa shape index (κ1) is 15.9. The Kier molecular flexibility index (Phi) is 4.72. The van der Waals surface area contributed by atoms with Crippen molar-refractivity contribution in [2.24, 2.45) is 0 Å². The average molecular weight is 344 g/mol. The first-order valence-corrected chi connectivity index (χ1v) is 7.52. The number of carbonyl (C=O) groups is 1. The third kappa shape index (κ3) is 3.88. The number of carbonyl (C=O) groups excluding carboxylic acids is 1. The second-order valence-corrected chi connectivity index (χ2v) is 5.48. The number of aromatic nitrogens is 4. The Morgan fingerprint density at radius 3 is 2.92 bits per heavy atom. The van der Waals surface area contributed by atoms with Crippen LogP contribution >= 0.6 is 11.6 Å². The van der Waals surface area contributed by atoms with Crippen LogP contribution < -0.4 is 10.1 Å². The van der Waals surface area contributed by atoms with Crippen LogP contribution in [0.15, 0.2) is 48.8 Å². The number of ether oxygens (including phenoxy) is 1. The van der Waals surface area contributed by atoms with Crippen LogP contribution in [-0.2, 0) is 4.79 Å². The van der Waals surface area contributed by atoms with Gasteiger partial charge in [0, 0.05) is 16.8 Å². The van der Waals surface area contributed by atoms with Crippen molar-refractivity contribution < 1.29 is 9.53 Å². The van der Waals surface area contributed by atoms with Crippen LogP contribution in [0.25, 0.3) is 5.69 Å². The second kappa shape index (κ2) is 7.10. The fraction of sp³-hybridized carbons (Fsp3) is 0.125. The summed E-state index contributed by atoms with van der Waals surface area (Å²) < 4.78 is 7.03. The Morgan fingerprint density at radius 1 is 1.29 bits per heavy atom. The van der Waals surface area contributed by atoms with E-state index in [0.29, 0.717) is 16.5 Å². The highest BCUT2D eigenvalue weighted by Crippen LogP contribution is 2.20. The highest BCUT2D eigenvalue weighted by atomic mass is 35.5. The molecule has 0 aliphatic rings. The monoisotopic (exact) mass is 343 g/mol. The van der Waals surface area contributed by atoms with Crippen molar-refractivity contribution in [3.8, 4) is 11.4 Å². The maximum Gasteiger partial charge on any atom is 0.262 e. The van der Waals surface area contributed by atoms with Gasteiger partial charge in [-0.3, -0.25) is 4.79 Å². The van der Waals surface area contributed by atoms with Gasteiger partial charge in [0.25, 0.3) is 5.91 Å². The maximum absolute atomic E-state index is 12.0. The molecule has 7 nitrogen and oxygen atoms in total. The number of tetrazole rings is 1. The van der Waals surface area contributed by atoms with Gasteiger partial charge in [-0.15, -0.1) is 5.10 Å². The van der Waals surface area contributed by atoms with E-state index in [0.717, 1.165) is 11.3 Å². The predicted molar refractivity (Wildman–Crippen MR) is 89.5 cm³/mol. The van der Waals surface area contributed by atoms with Gasteiger partial charge in [-0.05, 0) is 53.2 Å². The SMILES string of the molecule is Cc1cc(Cl)ccc1NC(=O)COc1cccc(-n2cnnn2)c1. The van der Waals surface area contributed by atoms with Gasteiger partial charge in [0.15, 0.2) is 6.61 Å². The summed E-state index contributed by atoms with van der Waals surface area (Å²) in [7, 11) is 0. The molecular weight excluding hydrogens is 330 g/mol. The largest absolute Gasteiger partial charge is 0.484 e. The highest BCUT2D eigenvalue weighted by Gasteiger charge is 2.07. The summed E-state index contributed by atoms with van der Waals surface area (Å²) in [5, 5.41) is 14.4. The van der Waals surface area contributed by atoms with Crippen molar-refractivity contribution in [2.75, 3.05) is 11.9 Å². The third-order valence-corrected chi connectivity index (χ3v) is 3.50. The lowest BCUT2D eigenvalue weighted by Gasteiger charge is -2.10. The fourth-order valence-corrected chi connectivity index (χ4v) is 2.32. The van der Waals surface area contributed by atoms with E-state index in [-0.39, 0.29) is 12.5 Å². The molecule has 0 saturated heterocycles. The molecule has 3 aromatic rings. The number of anilines is 1. The summed E-state index contributed by atoms with van der Waals surface area (Å²) in [4.78, 5) is 12.0. The lowest BCUT2D eigenvalue weighted by atomic mass is 10.2. The Morgan fingerprint density at radius 2 is 2.17 bits per heavy atom. The van der Waals surface area contributed by atoms with E-state index in [1.165, 1.54) is 11.0 Å². The number of nitrogens with zero attached hydrogens (tertiary/aromatic N) is 4. The summed E-state index contributed by atoms with van der Waals surface area (Å²) >= 11 is 5.90. The molecule has 0 unspecified atom stereocenters. The number of hydrogen-bond donors (Lipinski definition) is 1. The molecule has 0 saturated carbocycles. The summed E-state index contributed by atoms with van der Waals surface area (Å²) in [6.45, 7) is 1.76. The van der Waals surface area contributed by atoms with Gasteiger partial charge < -0.3 is 10.1 Å². The number of rotatable bonds is 5. The molecule has 0 radical (unpaired) electrons. The molecular formula is C16H14ClN5O2. The van der Waals surface area contributed by atoms with Crippen LogP contribution in [0.3, 0.4) is 0 Å². The van der Waals surface area contributed by atoms with E-state index in [9.17, 15) is 4.79 Å². The van der Waals surface area contributed by atoms with E-state index in [1.807, 2.05) is 13.0 Å². The zero-order valence-corrected chi connectivity index (χ0v) is 13.6. The van der Waals surface area contributed by atoms with Gasteiger partial charge >= 0.3 is 0 Å². The summed E-state index contributed by atoms with van der Waals surface area (Å²) in [5.74, 6) is 0.291. The van der Waals surface area contributed by atoms with Crippen molar-refractivity contribution in [1.82, 2.24) is 20.2 Å². The van der Waals surface area contributed by atoms with Crippen LogP contribution in [0.2, 0.25) is 5.02 Å². The lowest BCUT2D eigenvalue weighted by Crippen LogP contribution is -2.20. The van der Waals surface area contributed by atoms with Gasteiger partial charge in [0.1, 0.15) is 12.1 Å². The molecule has 1 N–H and O–H groups in total. The van der Waals surface area contributed by atoms with E-state index in [2.05, 4.69) is 20.8 Å². The van der Waals surface area contributed by atoms with Gasteiger partial charge in [-0.25, -0.2) is 4.68 Å². The van der Waals surface area contributed by atoms with Gasteiger partial charge in [-0.1, -0.05) is 17.7 Å². The zero-order chi connectivity index (χ0) is 16.9. The van der Waals surface area contributed by atoms with Crippen LogP contribution in [-0.4, -0.2) is 32.7 Å². The standard InChI is InChI=1S/C16H14ClN5O2/c1-11-7-12(17)5-6-15(11)19-16(23)9-24-14-4-2-3-13(8-14)22-10-18-20-21-22/h2-8,10H,9H2,1H3,(H,19,23). The number of halogens is 1. The average Bonchev–Trinajstić information content (AvgIpc) is 3.10. The Hall–Kier alpha value is -2.93. The molecule has 2 aromatic carbocycles. The molecule has 8 heteroatoms. The fourth-order valence-electron chi connectivity index (χ4n) is 2.10. The van der Waals surface area contributed by atoms with Crippen molar-refractivity contribution in [2.45, 2.75) is 6.92 Å². The summed E-state index contributed by atoms with van der Waals surface area (Å²) in [5.41, 5.74) is 2.33. The smallest absolute Gasteiger partial charge is 0.262 e. The molecule has 122 valence electrons. The zero-order valence-electron chi connectivity index (χ0n) is 12.8. The van der Waals surface area contributed by atoms with Crippen LogP contribution in [0.1, 0.15) is 5.56 Å². The van der Waals surface area contributed by atoms with Gasteiger partial charge in [0.2, 0.25) is 0 Å². The molecule has 24 heavy (non-hydrogen) atoms. The molecule has 0 aliphatic carbocycles.